The van der Waals surface area contributed by atoms with Gasteiger partial charge in [0.1, 0.15) is 5.82 Å². The van der Waals surface area contributed by atoms with Gasteiger partial charge in [0.15, 0.2) is 0 Å². The third kappa shape index (κ3) is 4.25. The van der Waals surface area contributed by atoms with Crippen LogP contribution >= 0.6 is 24.8 Å². The maximum absolute atomic E-state index is 13.6. The molecule has 1 fully saturated rings. The highest BCUT2D eigenvalue weighted by molar-refractivity contribution is 5.85. The lowest BCUT2D eigenvalue weighted by atomic mass is 10.2. The Hall–Kier alpha value is -0.670. The molecule has 0 aromatic heterocycles. The third-order valence-electron chi connectivity index (χ3n) is 2.92. The number of nitrogen functional groups attached to an aromatic ring is 1. The van der Waals surface area contributed by atoms with Crippen LogP contribution in [-0.4, -0.2) is 13.1 Å². The quantitative estimate of drug-likeness (QED) is 0.796. The van der Waals surface area contributed by atoms with Crippen molar-refractivity contribution in [1.82, 2.24) is 0 Å². The van der Waals surface area contributed by atoms with Gasteiger partial charge in [-0.1, -0.05) is 12.8 Å². The summed E-state index contributed by atoms with van der Waals surface area (Å²) in [7, 11) is 0. The van der Waals surface area contributed by atoms with E-state index in [4.69, 9.17) is 5.73 Å². The Bertz CT molecular complexity index is 339. The zero-order valence-electron chi connectivity index (χ0n) is 9.69. The maximum atomic E-state index is 13.6. The molecule has 2 rings (SSSR count). The molecule has 0 amide bonds. The molecule has 0 radical (unpaired) electrons. The van der Waals surface area contributed by atoms with Crippen molar-refractivity contribution in [3.8, 4) is 0 Å². The number of hydrogen-bond acceptors (Lipinski definition) is 2. The molecule has 0 saturated carbocycles. The summed E-state index contributed by atoms with van der Waals surface area (Å²) >= 11 is 0. The largest absolute Gasteiger partial charge is 0.399 e. The molecule has 0 unspecified atom stereocenters. The second kappa shape index (κ2) is 7.62. The highest BCUT2D eigenvalue weighted by Gasteiger charge is 2.13. The summed E-state index contributed by atoms with van der Waals surface area (Å²) in [5.74, 6) is -0.197. The molecule has 2 N–H and O–H groups in total. The average Bonchev–Trinajstić information content (AvgIpc) is 2.46. The van der Waals surface area contributed by atoms with E-state index in [1.165, 1.54) is 18.9 Å². The van der Waals surface area contributed by atoms with Crippen molar-refractivity contribution in [2.75, 3.05) is 23.7 Å². The van der Waals surface area contributed by atoms with E-state index in [9.17, 15) is 4.39 Å². The van der Waals surface area contributed by atoms with Gasteiger partial charge >= 0.3 is 0 Å². The topological polar surface area (TPSA) is 29.3 Å². The normalized spacial score (nSPS) is 15.5. The highest BCUT2D eigenvalue weighted by Crippen LogP contribution is 2.24. The molecule has 0 spiro atoms. The van der Waals surface area contributed by atoms with Gasteiger partial charge in [-0.3, -0.25) is 0 Å². The van der Waals surface area contributed by atoms with Crippen molar-refractivity contribution in [2.24, 2.45) is 0 Å². The van der Waals surface area contributed by atoms with E-state index in [0.717, 1.165) is 25.9 Å². The maximum Gasteiger partial charge on any atom is 0.148 e. The van der Waals surface area contributed by atoms with E-state index in [1.807, 2.05) is 0 Å². The van der Waals surface area contributed by atoms with Crippen LogP contribution in [0.25, 0.3) is 0 Å². The van der Waals surface area contributed by atoms with Crippen molar-refractivity contribution in [2.45, 2.75) is 25.7 Å². The fraction of sp³-hybridized carbons (Fsp3) is 0.500. The molecular formula is C12H19Cl2FN2. The standard InChI is InChI=1S/C12H17FN2.2ClH/c13-11-9-10(14)5-6-12(11)15-7-3-1-2-4-8-15;;/h5-6,9H,1-4,7-8,14H2;2*1H. The van der Waals surface area contributed by atoms with Crippen molar-refractivity contribution >= 4 is 36.2 Å². The van der Waals surface area contributed by atoms with Gasteiger partial charge in [0.2, 0.25) is 0 Å². The van der Waals surface area contributed by atoms with Crippen LogP contribution in [0.15, 0.2) is 18.2 Å². The summed E-state index contributed by atoms with van der Waals surface area (Å²) in [6, 6.07) is 4.96. The van der Waals surface area contributed by atoms with Gasteiger partial charge in [-0.25, -0.2) is 4.39 Å². The lowest BCUT2D eigenvalue weighted by Crippen LogP contribution is -2.24. The Labute approximate surface area is 114 Å². The summed E-state index contributed by atoms with van der Waals surface area (Å²) in [5.41, 5.74) is 6.72. The number of halogens is 3. The highest BCUT2D eigenvalue weighted by atomic mass is 35.5. The smallest absolute Gasteiger partial charge is 0.148 e. The van der Waals surface area contributed by atoms with E-state index in [2.05, 4.69) is 4.90 Å². The van der Waals surface area contributed by atoms with Crippen molar-refractivity contribution < 1.29 is 4.39 Å². The second-order valence-electron chi connectivity index (χ2n) is 4.11. The van der Waals surface area contributed by atoms with Crippen LogP contribution in [0, 0.1) is 5.82 Å². The third-order valence-corrected chi connectivity index (χ3v) is 2.92. The van der Waals surface area contributed by atoms with Crippen LogP contribution in [0.1, 0.15) is 25.7 Å². The predicted octanol–water partition coefficient (Wildman–Crippen LogP) is 3.63. The molecule has 0 aliphatic carbocycles. The zero-order chi connectivity index (χ0) is 10.7. The Morgan fingerprint density at radius 3 is 2.12 bits per heavy atom. The Balaban J connectivity index is 0.00000128. The second-order valence-corrected chi connectivity index (χ2v) is 4.11. The van der Waals surface area contributed by atoms with Crippen molar-refractivity contribution in [1.29, 1.82) is 0 Å². The first-order chi connectivity index (χ1) is 7.27. The zero-order valence-corrected chi connectivity index (χ0v) is 11.3. The molecular weight excluding hydrogens is 262 g/mol. The summed E-state index contributed by atoms with van der Waals surface area (Å²) in [6.45, 7) is 1.92. The van der Waals surface area contributed by atoms with Crippen LogP contribution < -0.4 is 10.6 Å². The minimum atomic E-state index is -0.197. The molecule has 98 valence electrons. The minimum absolute atomic E-state index is 0. The van der Waals surface area contributed by atoms with Gasteiger partial charge < -0.3 is 10.6 Å². The van der Waals surface area contributed by atoms with Gasteiger partial charge in [-0.2, -0.15) is 0 Å². The molecule has 2 nitrogen and oxygen atoms in total. The molecule has 1 saturated heterocycles. The van der Waals surface area contributed by atoms with Crippen LogP contribution in [0.3, 0.4) is 0 Å². The van der Waals surface area contributed by atoms with Crippen LogP contribution in [0.5, 0.6) is 0 Å². The molecule has 1 aliphatic heterocycles. The van der Waals surface area contributed by atoms with Gasteiger partial charge in [-0.05, 0) is 31.0 Å². The number of hydrogen-bond donors (Lipinski definition) is 1. The molecule has 1 aliphatic rings. The molecule has 1 aromatic carbocycles. The first kappa shape index (κ1) is 16.3. The van der Waals surface area contributed by atoms with E-state index >= 15 is 0 Å². The number of benzene rings is 1. The summed E-state index contributed by atoms with van der Waals surface area (Å²) in [5, 5.41) is 0. The van der Waals surface area contributed by atoms with E-state index < -0.39 is 0 Å². The minimum Gasteiger partial charge on any atom is -0.399 e. The number of rotatable bonds is 1. The first-order valence-electron chi connectivity index (χ1n) is 5.57. The lowest BCUT2D eigenvalue weighted by molar-refractivity contribution is 0.617. The monoisotopic (exact) mass is 280 g/mol. The first-order valence-corrected chi connectivity index (χ1v) is 5.57. The fourth-order valence-corrected chi connectivity index (χ4v) is 2.09. The molecule has 0 atom stereocenters. The van der Waals surface area contributed by atoms with Crippen molar-refractivity contribution in [3.05, 3.63) is 24.0 Å². The van der Waals surface area contributed by atoms with Gasteiger partial charge in [0, 0.05) is 18.8 Å². The molecule has 5 heteroatoms. The lowest BCUT2D eigenvalue weighted by Gasteiger charge is -2.23. The summed E-state index contributed by atoms with van der Waals surface area (Å²) in [6.07, 6.45) is 4.83. The Morgan fingerprint density at radius 1 is 1.00 bits per heavy atom. The number of anilines is 2. The van der Waals surface area contributed by atoms with E-state index in [1.54, 1.807) is 12.1 Å². The van der Waals surface area contributed by atoms with Crippen LogP contribution in [-0.2, 0) is 0 Å². The Kier molecular flexibility index (Phi) is 7.32. The summed E-state index contributed by atoms with van der Waals surface area (Å²) < 4.78 is 13.6. The predicted molar refractivity (Wildman–Crippen MR) is 76.0 cm³/mol. The molecule has 17 heavy (non-hydrogen) atoms. The van der Waals surface area contributed by atoms with Crippen LogP contribution in [0.4, 0.5) is 15.8 Å². The van der Waals surface area contributed by atoms with Crippen molar-refractivity contribution in [3.63, 3.8) is 0 Å². The van der Waals surface area contributed by atoms with Crippen LogP contribution in [0.2, 0.25) is 0 Å². The van der Waals surface area contributed by atoms with Gasteiger partial charge in [-0.15, -0.1) is 24.8 Å². The summed E-state index contributed by atoms with van der Waals surface area (Å²) in [4.78, 5) is 2.13. The molecule has 0 bridgehead atoms. The van der Waals surface area contributed by atoms with E-state index in [-0.39, 0.29) is 30.6 Å². The fourth-order valence-electron chi connectivity index (χ4n) is 2.09. The number of nitrogens with two attached hydrogens (primary N) is 1. The van der Waals surface area contributed by atoms with Gasteiger partial charge in [0.05, 0.1) is 5.69 Å². The van der Waals surface area contributed by atoms with Gasteiger partial charge in [0.25, 0.3) is 0 Å². The SMILES string of the molecule is Cl.Cl.Nc1ccc(N2CCCCCC2)c(F)c1. The number of nitrogens with zero attached hydrogens (tertiary/aromatic N) is 1. The van der Waals surface area contributed by atoms with E-state index in [0.29, 0.717) is 11.4 Å². The Morgan fingerprint density at radius 2 is 1.59 bits per heavy atom. The molecule has 1 aromatic rings. The molecule has 1 heterocycles. The average molecular weight is 281 g/mol.